The van der Waals surface area contributed by atoms with E-state index in [0.29, 0.717) is 11.2 Å². The fourth-order valence-corrected chi connectivity index (χ4v) is 6.31. The Hall–Kier alpha value is -3.81. The highest BCUT2D eigenvalue weighted by Crippen LogP contribution is 2.38. The van der Waals surface area contributed by atoms with Crippen molar-refractivity contribution < 1.29 is 0 Å². The average molecular weight is 534 g/mol. The first-order valence-corrected chi connectivity index (χ1v) is 14.5. The Morgan fingerprint density at radius 2 is 1.85 bits per heavy atom. The first-order chi connectivity index (χ1) is 19.6. The zero-order valence-electron chi connectivity index (χ0n) is 23.6. The van der Waals surface area contributed by atoms with Crippen LogP contribution in [0.3, 0.4) is 0 Å². The lowest BCUT2D eigenvalue weighted by Crippen LogP contribution is -2.47. The lowest BCUT2D eigenvalue weighted by Gasteiger charge is -2.44. The molecule has 1 spiro atoms. The van der Waals surface area contributed by atoms with Crippen molar-refractivity contribution in [2.75, 3.05) is 31.9 Å². The average Bonchev–Trinajstić information content (AvgIpc) is 3.37. The number of rotatable bonds is 6. The van der Waals surface area contributed by atoms with Crippen molar-refractivity contribution in [2.45, 2.75) is 46.1 Å². The summed E-state index contributed by atoms with van der Waals surface area (Å²) in [7, 11) is 0. The third kappa shape index (κ3) is 5.19. The van der Waals surface area contributed by atoms with Crippen LogP contribution in [-0.4, -0.2) is 50.6 Å². The lowest BCUT2D eigenvalue weighted by molar-refractivity contribution is 0.0750. The maximum atomic E-state index is 6.33. The molecule has 6 rings (SSSR count). The Kier molecular flexibility index (Phi) is 7.50. The Morgan fingerprint density at radius 3 is 2.55 bits per heavy atom. The number of fused-ring (bicyclic) bond motifs is 1. The van der Waals surface area contributed by atoms with Crippen LogP contribution in [0, 0.1) is 5.41 Å². The number of allylic oxidation sites excluding steroid dienone is 4. The van der Waals surface area contributed by atoms with E-state index in [1.54, 1.807) is 6.20 Å². The molecule has 2 saturated heterocycles. The topological polar surface area (TPSA) is 84.9 Å². The second kappa shape index (κ2) is 11.4. The summed E-state index contributed by atoms with van der Waals surface area (Å²) in [6.45, 7) is 9.76. The number of nitrogens with two attached hydrogens (primary N) is 1. The van der Waals surface area contributed by atoms with E-state index in [1.165, 1.54) is 57.4 Å². The number of pyridine rings is 2. The molecule has 3 N–H and O–H groups in total. The largest absolute Gasteiger partial charge is 0.383 e. The van der Waals surface area contributed by atoms with Crippen LogP contribution in [-0.2, 0) is 6.54 Å². The number of likely N-dealkylation sites (tertiary alicyclic amines) is 1. The predicted molar refractivity (Wildman–Crippen MR) is 164 cm³/mol. The summed E-state index contributed by atoms with van der Waals surface area (Å²) in [6.07, 6.45) is 13.2. The molecule has 1 aromatic carbocycles. The lowest BCUT2D eigenvalue weighted by atomic mass is 9.73. The maximum absolute atomic E-state index is 6.33. The summed E-state index contributed by atoms with van der Waals surface area (Å²) in [4.78, 5) is 17.0. The number of aromatic nitrogens is 4. The van der Waals surface area contributed by atoms with Crippen LogP contribution in [0.4, 0.5) is 5.82 Å². The molecule has 0 unspecified atom stereocenters. The van der Waals surface area contributed by atoms with Gasteiger partial charge >= 0.3 is 0 Å². The molecule has 40 heavy (non-hydrogen) atoms. The van der Waals surface area contributed by atoms with Gasteiger partial charge in [0.2, 0.25) is 0 Å². The van der Waals surface area contributed by atoms with Crippen molar-refractivity contribution in [3.8, 4) is 17.1 Å². The number of nitrogen functional groups attached to an aromatic ring is 1. The molecule has 7 heteroatoms. The second-order valence-corrected chi connectivity index (χ2v) is 11.2. The van der Waals surface area contributed by atoms with E-state index in [-0.39, 0.29) is 0 Å². The highest BCUT2D eigenvalue weighted by atomic mass is 15.1. The van der Waals surface area contributed by atoms with E-state index < -0.39 is 0 Å². The van der Waals surface area contributed by atoms with Crippen LogP contribution < -0.4 is 11.1 Å². The Balaban J connectivity index is 1.32. The van der Waals surface area contributed by atoms with Crippen molar-refractivity contribution in [1.29, 1.82) is 0 Å². The van der Waals surface area contributed by atoms with Gasteiger partial charge in [-0.2, -0.15) is 0 Å². The zero-order chi connectivity index (χ0) is 27.5. The van der Waals surface area contributed by atoms with E-state index in [9.17, 15) is 0 Å². The first-order valence-electron chi connectivity index (χ1n) is 14.5. The second-order valence-electron chi connectivity index (χ2n) is 11.2. The number of piperidine rings is 2. The van der Waals surface area contributed by atoms with Gasteiger partial charge in [0.15, 0.2) is 11.5 Å². The fourth-order valence-electron chi connectivity index (χ4n) is 6.31. The molecule has 0 amide bonds. The minimum absolute atomic E-state index is 0.454. The Morgan fingerprint density at radius 1 is 1.02 bits per heavy atom. The monoisotopic (exact) mass is 533 g/mol. The molecule has 2 aliphatic heterocycles. The van der Waals surface area contributed by atoms with Gasteiger partial charge in [0.25, 0.3) is 0 Å². The van der Waals surface area contributed by atoms with Crippen molar-refractivity contribution in [2.24, 2.45) is 5.41 Å². The summed E-state index contributed by atoms with van der Waals surface area (Å²) in [6, 6.07) is 16.8. The standard InChI is InChI=1S/C33H39N7/c1-3-7-25(4-2)28-13-14-29-32(37-28)40(31(38-29)27-8-5-19-36-30(27)34)26-11-9-24(10-12-26)22-39-20-16-33(17-21-39)15-6-18-35-23-33/h3-5,7-14,19,35H,6,15-18,20-23H2,1-2H3,(H2,34,36)/b7-3-,25-4+. The van der Waals surface area contributed by atoms with E-state index in [1.807, 2.05) is 44.2 Å². The van der Waals surface area contributed by atoms with Crippen molar-refractivity contribution >= 4 is 22.6 Å². The van der Waals surface area contributed by atoms with Gasteiger partial charge in [0, 0.05) is 25.0 Å². The minimum Gasteiger partial charge on any atom is -0.383 e. The number of benzene rings is 1. The molecule has 5 heterocycles. The number of nitrogens with zero attached hydrogens (tertiary/aromatic N) is 5. The molecule has 2 fully saturated rings. The smallest absolute Gasteiger partial charge is 0.165 e. The number of anilines is 1. The summed E-state index contributed by atoms with van der Waals surface area (Å²) < 4.78 is 2.11. The quantitative estimate of drug-likeness (QED) is 0.295. The molecule has 0 aliphatic carbocycles. The van der Waals surface area contributed by atoms with Gasteiger partial charge in [-0.3, -0.25) is 9.47 Å². The normalized spacial score (nSPS) is 18.2. The first kappa shape index (κ1) is 26.4. The van der Waals surface area contributed by atoms with Gasteiger partial charge < -0.3 is 11.1 Å². The van der Waals surface area contributed by atoms with Crippen LogP contribution in [0.1, 0.15) is 50.8 Å². The van der Waals surface area contributed by atoms with Gasteiger partial charge in [0.05, 0.1) is 11.3 Å². The molecular formula is C33H39N7. The van der Waals surface area contributed by atoms with E-state index in [4.69, 9.17) is 15.7 Å². The molecule has 0 bridgehead atoms. The van der Waals surface area contributed by atoms with E-state index in [0.717, 1.165) is 46.1 Å². The van der Waals surface area contributed by atoms with Crippen molar-refractivity contribution in [1.82, 2.24) is 29.7 Å². The van der Waals surface area contributed by atoms with Gasteiger partial charge in [-0.15, -0.1) is 0 Å². The Labute approximate surface area is 236 Å². The summed E-state index contributed by atoms with van der Waals surface area (Å²) in [5, 5.41) is 3.63. The number of imidazole rings is 1. The number of hydrogen-bond acceptors (Lipinski definition) is 6. The van der Waals surface area contributed by atoms with Crippen LogP contribution in [0.2, 0.25) is 0 Å². The molecule has 206 valence electrons. The van der Waals surface area contributed by atoms with Crippen molar-refractivity contribution in [3.63, 3.8) is 0 Å². The molecule has 3 aromatic heterocycles. The molecule has 0 radical (unpaired) electrons. The fraction of sp³-hybridized carbons (Fsp3) is 0.364. The van der Waals surface area contributed by atoms with Gasteiger partial charge in [-0.1, -0.05) is 30.4 Å². The third-order valence-electron chi connectivity index (χ3n) is 8.62. The summed E-state index contributed by atoms with van der Waals surface area (Å²) >= 11 is 0. The third-order valence-corrected chi connectivity index (χ3v) is 8.62. The van der Waals surface area contributed by atoms with Crippen LogP contribution in [0.15, 0.2) is 73.0 Å². The molecule has 0 saturated carbocycles. The van der Waals surface area contributed by atoms with Crippen LogP contribution >= 0.6 is 0 Å². The number of hydrogen-bond donors (Lipinski definition) is 2. The molecular weight excluding hydrogens is 494 g/mol. The van der Waals surface area contributed by atoms with E-state index in [2.05, 4.69) is 56.2 Å². The Bertz CT molecular complexity index is 1530. The predicted octanol–water partition coefficient (Wildman–Crippen LogP) is 6.01. The molecule has 0 atom stereocenters. The zero-order valence-corrected chi connectivity index (χ0v) is 23.6. The number of nitrogens with one attached hydrogen (secondary N) is 1. The molecule has 4 aromatic rings. The van der Waals surface area contributed by atoms with Crippen molar-refractivity contribution in [3.05, 3.63) is 84.2 Å². The highest BCUT2D eigenvalue weighted by molar-refractivity contribution is 5.85. The van der Waals surface area contributed by atoms with Gasteiger partial charge in [0.1, 0.15) is 11.3 Å². The minimum atomic E-state index is 0.454. The van der Waals surface area contributed by atoms with Crippen LogP contribution in [0.5, 0.6) is 0 Å². The van der Waals surface area contributed by atoms with Gasteiger partial charge in [-0.05, 0) is 112 Å². The summed E-state index contributed by atoms with van der Waals surface area (Å²) in [5.74, 6) is 1.20. The SMILES string of the molecule is C/C=C\C(=C/C)c1ccc2nc(-c3cccnc3N)n(-c3ccc(CN4CCC5(CCCNC5)CC4)cc3)c2n1. The van der Waals surface area contributed by atoms with Crippen LogP contribution in [0.25, 0.3) is 33.8 Å². The highest BCUT2D eigenvalue weighted by Gasteiger charge is 2.35. The molecule has 7 nitrogen and oxygen atoms in total. The van der Waals surface area contributed by atoms with Gasteiger partial charge in [-0.25, -0.2) is 15.0 Å². The van der Waals surface area contributed by atoms with E-state index >= 15 is 0 Å². The maximum Gasteiger partial charge on any atom is 0.165 e. The summed E-state index contributed by atoms with van der Waals surface area (Å²) in [5.41, 5.74) is 13.6. The molecule has 2 aliphatic rings.